The summed E-state index contributed by atoms with van der Waals surface area (Å²) >= 11 is 0. The molecule has 0 bridgehead atoms. The van der Waals surface area contributed by atoms with Crippen LogP contribution in [0.15, 0.2) is 89.8 Å². The van der Waals surface area contributed by atoms with Gasteiger partial charge in [-0.3, -0.25) is 0 Å². The number of aryl methyl sites for hydroxylation is 1. The average molecular weight is 416 g/mol. The molecule has 4 nitrogen and oxygen atoms in total. The molecule has 1 aliphatic heterocycles. The number of fused-ring (bicyclic) bond motifs is 2. The molecule has 150 valence electrons. The third kappa shape index (κ3) is 3.47. The third-order valence-corrected chi connectivity index (χ3v) is 7.29. The van der Waals surface area contributed by atoms with Crippen molar-refractivity contribution in [1.82, 2.24) is 4.31 Å². The Labute approximate surface area is 176 Å². The first-order valence-corrected chi connectivity index (χ1v) is 11.3. The van der Waals surface area contributed by atoms with E-state index in [0.29, 0.717) is 23.7 Å². The third-order valence-electron chi connectivity index (χ3n) is 5.49. The highest BCUT2D eigenvalue weighted by Gasteiger charge is 2.30. The van der Waals surface area contributed by atoms with Crippen LogP contribution in [0.2, 0.25) is 0 Å². The molecule has 0 aliphatic carbocycles. The number of hydrogen-bond acceptors (Lipinski definition) is 3. The van der Waals surface area contributed by atoms with E-state index in [9.17, 15) is 8.42 Å². The quantitative estimate of drug-likeness (QED) is 0.433. The Hall–Kier alpha value is -3.15. The van der Waals surface area contributed by atoms with Gasteiger partial charge in [0.05, 0.1) is 4.90 Å². The topological polar surface area (TPSA) is 46.6 Å². The molecule has 0 N–H and O–H groups in total. The summed E-state index contributed by atoms with van der Waals surface area (Å²) in [7, 11) is -3.53. The van der Waals surface area contributed by atoms with E-state index in [-0.39, 0.29) is 0 Å². The molecule has 5 heteroatoms. The number of hydrogen-bond donors (Lipinski definition) is 0. The van der Waals surface area contributed by atoms with Crippen LogP contribution in [0.3, 0.4) is 0 Å². The Balaban J connectivity index is 1.38. The average Bonchev–Trinajstić information content (AvgIpc) is 3.18. The fourth-order valence-corrected chi connectivity index (χ4v) is 5.20. The van der Waals surface area contributed by atoms with Crippen molar-refractivity contribution in [3.8, 4) is 11.5 Å². The zero-order valence-electron chi connectivity index (χ0n) is 16.6. The molecule has 0 radical (unpaired) electrons. The van der Waals surface area contributed by atoms with E-state index < -0.39 is 10.0 Å². The molecule has 0 saturated heterocycles. The van der Waals surface area contributed by atoms with E-state index in [1.807, 2.05) is 67.6 Å². The number of sulfonamides is 1. The minimum Gasteiger partial charge on any atom is -0.457 e. The molecule has 0 atom stereocenters. The van der Waals surface area contributed by atoms with Crippen molar-refractivity contribution < 1.29 is 13.2 Å². The molecular formula is C25H21NO3S. The van der Waals surface area contributed by atoms with Crippen LogP contribution >= 0.6 is 0 Å². The number of rotatable bonds is 4. The summed E-state index contributed by atoms with van der Waals surface area (Å²) in [4.78, 5) is 0.327. The van der Waals surface area contributed by atoms with Gasteiger partial charge in [-0.1, -0.05) is 54.1 Å². The predicted molar refractivity (Wildman–Crippen MR) is 118 cm³/mol. The van der Waals surface area contributed by atoms with Gasteiger partial charge in [-0.15, -0.1) is 0 Å². The summed E-state index contributed by atoms with van der Waals surface area (Å²) in [6.07, 6.45) is 0. The van der Waals surface area contributed by atoms with E-state index in [0.717, 1.165) is 33.2 Å². The Morgan fingerprint density at radius 3 is 2.20 bits per heavy atom. The lowest BCUT2D eigenvalue weighted by Crippen LogP contribution is -2.25. The van der Waals surface area contributed by atoms with E-state index in [2.05, 4.69) is 12.1 Å². The second-order valence-electron chi connectivity index (χ2n) is 7.63. The molecule has 1 aliphatic rings. The van der Waals surface area contributed by atoms with Crippen molar-refractivity contribution in [2.45, 2.75) is 24.9 Å². The predicted octanol–water partition coefficient (Wildman–Crippen LogP) is 5.65. The highest BCUT2D eigenvalue weighted by atomic mass is 32.2. The highest BCUT2D eigenvalue weighted by molar-refractivity contribution is 7.89. The minimum absolute atomic E-state index is 0.327. The van der Waals surface area contributed by atoms with E-state index in [1.54, 1.807) is 12.1 Å². The van der Waals surface area contributed by atoms with Crippen LogP contribution in [0.25, 0.3) is 10.8 Å². The lowest BCUT2D eigenvalue weighted by atomic mass is 10.1. The number of benzene rings is 4. The van der Waals surface area contributed by atoms with Crippen LogP contribution < -0.4 is 4.74 Å². The molecule has 1 heterocycles. The van der Waals surface area contributed by atoms with Crippen LogP contribution in [0, 0.1) is 6.92 Å². The zero-order valence-corrected chi connectivity index (χ0v) is 17.4. The maximum Gasteiger partial charge on any atom is 0.243 e. The molecule has 0 fully saturated rings. The van der Waals surface area contributed by atoms with E-state index >= 15 is 0 Å². The molecule has 0 amide bonds. The maximum atomic E-state index is 13.0. The summed E-state index contributed by atoms with van der Waals surface area (Å²) < 4.78 is 33.6. The molecule has 4 aromatic carbocycles. The number of ether oxygens (including phenoxy) is 1. The second kappa shape index (κ2) is 7.27. The van der Waals surface area contributed by atoms with Gasteiger partial charge in [0.1, 0.15) is 11.5 Å². The smallest absolute Gasteiger partial charge is 0.243 e. The first kappa shape index (κ1) is 18.9. The first-order chi connectivity index (χ1) is 14.5. The molecule has 0 aromatic heterocycles. The van der Waals surface area contributed by atoms with Gasteiger partial charge in [0.15, 0.2) is 0 Å². The van der Waals surface area contributed by atoms with Crippen LogP contribution in [-0.4, -0.2) is 12.7 Å². The Morgan fingerprint density at radius 2 is 1.40 bits per heavy atom. The summed E-state index contributed by atoms with van der Waals surface area (Å²) in [5.41, 5.74) is 3.02. The van der Waals surface area contributed by atoms with Crippen molar-refractivity contribution in [2.24, 2.45) is 0 Å². The van der Waals surface area contributed by atoms with E-state index in [1.165, 1.54) is 4.31 Å². The van der Waals surface area contributed by atoms with Crippen molar-refractivity contribution in [3.63, 3.8) is 0 Å². The summed E-state index contributed by atoms with van der Waals surface area (Å²) in [6.45, 7) is 2.67. The lowest BCUT2D eigenvalue weighted by molar-refractivity contribution is 0.431. The summed E-state index contributed by atoms with van der Waals surface area (Å²) in [6, 6.07) is 26.9. The molecular weight excluding hydrogens is 394 g/mol. The fraction of sp³-hybridized carbons (Fsp3) is 0.120. The highest BCUT2D eigenvalue weighted by Crippen LogP contribution is 2.33. The normalized spacial score (nSPS) is 14.0. The summed E-state index contributed by atoms with van der Waals surface area (Å²) in [5.74, 6) is 1.47. The van der Waals surface area contributed by atoms with Gasteiger partial charge in [-0.05, 0) is 65.2 Å². The molecule has 0 spiro atoms. The van der Waals surface area contributed by atoms with Gasteiger partial charge in [0, 0.05) is 13.1 Å². The van der Waals surface area contributed by atoms with Gasteiger partial charge < -0.3 is 4.74 Å². The van der Waals surface area contributed by atoms with Crippen molar-refractivity contribution in [3.05, 3.63) is 102 Å². The maximum absolute atomic E-state index is 13.0. The molecule has 4 aromatic rings. The molecule has 0 unspecified atom stereocenters. The molecule has 5 rings (SSSR count). The van der Waals surface area contributed by atoms with Gasteiger partial charge in [0.2, 0.25) is 10.0 Å². The van der Waals surface area contributed by atoms with Crippen LogP contribution in [0.4, 0.5) is 0 Å². The molecule has 0 saturated carbocycles. The number of nitrogens with zero attached hydrogens (tertiary/aromatic N) is 1. The molecule has 30 heavy (non-hydrogen) atoms. The second-order valence-corrected chi connectivity index (χ2v) is 9.57. The minimum atomic E-state index is -3.53. The Kier molecular flexibility index (Phi) is 4.57. The lowest BCUT2D eigenvalue weighted by Gasteiger charge is -2.15. The van der Waals surface area contributed by atoms with Crippen LogP contribution in [-0.2, 0) is 23.1 Å². The van der Waals surface area contributed by atoms with Gasteiger partial charge in [-0.2, -0.15) is 4.31 Å². The zero-order chi connectivity index (χ0) is 20.7. The van der Waals surface area contributed by atoms with Crippen molar-refractivity contribution in [1.29, 1.82) is 0 Å². The van der Waals surface area contributed by atoms with E-state index in [4.69, 9.17) is 4.74 Å². The Bertz CT molecular complexity index is 1340. The SMILES string of the molecule is Cc1ccc(S(=O)(=O)N2Cc3ccc(Oc4ccc5ccccc5c4)cc3C2)cc1. The van der Waals surface area contributed by atoms with Gasteiger partial charge >= 0.3 is 0 Å². The van der Waals surface area contributed by atoms with Gasteiger partial charge in [-0.25, -0.2) is 8.42 Å². The fourth-order valence-electron chi connectivity index (χ4n) is 3.80. The van der Waals surface area contributed by atoms with Crippen molar-refractivity contribution in [2.75, 3.05) is 0 Å². The Morgan fingerprint density at radius 1 is 0.733 bits per heavy atom. The standard InChI is InChI=1S/C25H21NO3S/c1-18-6-12-25(13-7-18)30(27,28)26-16-21-9-11-24(15-22(21)17-26)29-23-10-8-19-4-2-3-5-20(19)14-23/h2-15H,16-17H2,1H3. The largest absolute Gasteiger partial charge is 0.457 e. The summed E-state index contributed by atoms with van der Waals surface area (Å²) in [5, 5.41) is 2.28. The first-order valence-electron chi connectivity index (χ1n) is 9.84. The monoisotopic (exact) mass is 415 g/mol. The van der Waals surface area contributed by atoms with Crippen LogP contribution in [0.5, 0.6) is 11.5 Å². The van der Waals surface area contributed by atoms with Gasteiger partial charge in [0.25, 0.3) is 0 Å². The van der Waals surface area contributed by atoms with Crippen molar-refractivity contribution >= 4 is 20.8 Å². The van der Waals surface area contributed by atoms with Crippen LogP contribution in [0.1, 0.15) is 16.7 Å².